The molecule has 1 aliphatic rings. The largest absolute Gasteiger partial charge is 0.341 e. The lowest BCUT2D eigenvalue weighted by atomic mass is 9.71. The van der Waals surface area contributed by atoms with Crippen LogP contribution in [-0.4, -0.2) is 14.7 Å². The van der Waals surface area contributed by atoms with Crippen molar-refractivity contribution in [1.29, 1.82) is 0 Å². The second-order valence-corrected chi connectivity index (χ2v) is 5.11. The van der Waals surface area contributed by atoms with E-state index in [-0.39, 0.29) is 11.4 Å². The van der Waals surface area contributed by atoms with Gasteiger partial charge in [0.1, 0.15) is 0 Å². The van der Waals surface area contributed by atoms with Crippen molar-refractivity contribution in [1.82, 2.24) is 14.1 Å². The van der Waals surface area contributed by atoms with Crippen molar-refractivity contribution in [2.75, 3.05) is 0 Å². The van der Waals surface area contributed by atoms with E-state index in [9.17, 15) is 4.79 Å². The molecule has 1 amide bonds. The van der Waals surface area contributed by atoms with Gasteiger partial charge in [0.15, 0.2) is 5.69 Å². The highest BCUT2D eigenvalue weighted by Crippen LogP contribution is 2.41. The van der Waals surface area contributed by atoms with Crippen molar-refractivity contribution >= 4 is 17.6 Å². The van der Waals surface area contributed by atoms with E-state index in [0.29, 0.717) is 5.69 Å². The standard InChI is InChI=1S/C13H13N3OS/c17-12(11-9-14-18-16-11)15-13(7-4-8-13)10-5-2-1-3-6-10/h1-3,5-6,9H,4,7-8H2,(H,15,17). The van der Waals surface area contributed by atoms with Gasteiger partial charge in [-0.05, 0) is 24.8 Å². The summed E-state index contributed by atoms with van der Waals surface area (Å²) in [5.74, 6) is -0.132. The first-order chi connectivity index (χ1) is 8.80. The van der Waals surface area contributed by atoms with Gasteiger partial charge < -0.3 is 5.32 Å². The summed E-state index contributed by atoms with van der Waals surface area (Å²) in [5, 5.41) is 3.11. The Morgan fingerprint density at radius 1 is 1.28 bits per heavy atom. The van der Waals surface area contributed by atoms with Crippen LogP contribution in [0.1, 0.15) is 35.3 Å². The molecule has 0 atom stereocenters. The third-order valence-electron chi connectivity index (χ3n) is 3.48. The van der Waals surface area contributed by atoms with Gasteiger partial charge in [-0.15, -0.1) is 0 Å². The van der Waals surface area contributed by atoms with Crippen LogP contribution in [0.2, 0.25) is 0 Å². The van der Waals surface area contributed by atoms with Crippen LogP contribution in [0.15, 0.2) is 36.5 Å². The van der Waals surface area contributed by atoms with Crippen LogP contribution in [-0.2, 0) is 5.54 Å². The first-order valence-corrected chi connectivity index (χ1v) is 6.69. The topological polar surface area (TPSA) is 54.9 Å². The fraction of sp³-hybridized carbons (Fsp3) is 0.308. The summed E-state index contributed by atoms with van der Waals surface area (Å²) in [6, 6.07) is 10.1. The number of aromatic nitrogens is 2. The van der Waals surface area contributed by atoms with Gasteiger partial charge in [0, 0.05) is 0 Å². The number of nitrogens with one attached hydrogen (secondary N) is 1. The highest BCUT2D eigenvalue weighted by Gasteiger charge is 2.40. The smallest absolute Gasteiger partial charge is 0.273 e. The minimum Gasteiger partial charge on any atom is -0.341 e. The molecule has 0 spiro atoms. The molecule has 0 unspecified atom stereocenters. The Kier molecular flexibility index (Phi) is 2.83. The second-order valence-electron chi connectivity index (χ2n) is 4.55. The Labute approximate surface area is 109 Å². The number of benzene rings is 1. The lowest BCUT2D eigenvalue weighted by molar-refractivity contribution is 0.0819. The van der Waals surface area contributed by atoms with Gasteiger partial charge in [-0.2, -0.15) is 8.75 Å². The Balaban J connectivity index is 1.83. The van der Waals surface area contributed by atoms with Crippen LogP contribution in [0.3, 0.4) is 0 Å². The maximum Gasteiger partial charge on any atom is 0.273 e. The van der Waals surface area contributed by atoms with Gasteiger partial charge in [-0.25, -0.2) is 0 Å². The van der Waals surface area contributed by atoms with Crippen LogP contribution in [0.5, 0.6) is 0 Å². The van der Waals surface area contributed by atoms with Gasteiger partial charge in [-0.3, -0.25) is 4.79 Å². The molecule has 1 fully saturated rings. The fourth-order valence-electron chi connectivity index (χ4n) is 2.32. The molecule has 1 heterocycles. The average Bonchev–Trinajstić information content (AvgIpc) is 2.88. The van der Waals surface area contributed by atoms with E-state index < -0.39 is 0 Å². The molecular weight excluding hydrogens is 246 g/mol. The third kappa shape index (κ3) is 1.90. The lowest BCUT2D eigenvalue weighted by Gasteiger charge is -2.43. The highest BCUT2D eigenvalue weighted by molar-refractivity contribution is 6.99. The maximum atomic E-state index is 12.1. The Morgan fingerprint density at radius 2 is 2.06 bits per heavy atom. The van der Waals surface area contributed by atoms with E-state index in [4.69, 9.17) is 0 Å². The van der Waals surface area contributed by atoms with Crippen molar-refractivity contribution < 1.29 is 4.79 Å². The number of carbonyl (C=O) groups excluding carboxylic acids is 1. The number of nitrogens with zero attached hydrogens (tertiary/aromatic N) is 2. The van der Waals surface area contributed by atoms with Crippen molar-refractivity contribution in [3.63, 3.8) is 0 Å². The molecule has 5 heteroatoms. The summed E-state index contributed by atoms with van der Waals surface area (Å²) >= 11 is 1.05. The van der Waals surface area contributed by atoms with Gasteiger partial charge in [0.2, 0.25) is 0 Å². The average molecular weight is 259 g/mol. The van der Waals surface area contributed by atoms with E-state index >= 15 is 0 Å². The monoisotopic (exact) mass is 259 g/mol. The van der Waals surface area contributed by atoms with Gasteiger partial charge >= 0.3 is 0 Å². The third-order valence-corrected chi connectivity index (χ3v) is 3.96. The quantitative estimate of drug-likeness (QED) is 0.920. The molecule has 1 N–H and O–H groups in total. The number of amides is 1. The van der Waals surface area contributed by atoms with E-state index in [1.165, 1.54) is 11.8 Å². The normalized spacial score (nSPS) is 16.9. The summed E-state index contributed by atoms with van der Waals surface area (Å²) in [6.07, 6.45) is 4.63. The Morgan fingerprint density at radius 3 is 2.61 bits per heavy atom. The van der Waals surface area contributed by atoms with Crippen LogP contribution >= 0.6 is 11.7 Å². The van der Waals surface area contributed by atoms with Gasteiger partial charge in [0.05, 0.1) is 23.5 Å². The molecule has 0 aliphatic heterocycles. The SMILES string of the molecule is O=C(NC1(c2ccccc2)CCC1)c1cnsn1. The lowest BCUT2D eigenvalue weighted by Crippen LogP contribution is -2.50. The summed E-state index contributed by atoms with van der Waals surface area (Å²) in [6.45, 7) is 0. The maximum absolute atomic E-state index is 12.1. The predicted molar refractivity (Wildman–Crippen MR) is 69.3 cm³/mol. The Bertz CT molecular complexity index is 535. The number of rotatable bonds is 3. The van der Waals surface area contributed by atoms with E-state index in [1.807, 2.05) is 18.2 Å². The molecule has 1 aliphatic carbocycles. The molecule has 0 bridgehead atoms. The molecule has 92 valence electrons. The molecule has 1 saturated carbocycles. The van der Waals surface area contributed by atoms with E-state index in [1.54, 1.807) is 0 Å². The first kappa shape index (κ1) is 11.3. The zero-order valence-electron chi connectivity index (χ0n) is 9.80. The zero-order chi connectivity index (χ0) is 12.4. The highest BCUT2D eigenvalue weighted by atomic mass is 32.1. The van der Waals surface area contributed by atoms with Crippen LogP contribution in [0, 0.1) is 0 Å². The molecule has 1 aromatic carbocycles. The second kappa shape index (κ2) is 4.49. The summed E-state index contributed by atoms with van der Waals surface area (Å²) < 4.78 is 7.83. The molecular formula is C13H13N3OS. The molecule has 4 nitrogen and oxygen atoms in total. The van der Waals surface area contributed by atoms with Crippen molar-refractivity contribution in [3.8, 4) is 0 Å². The molecule has 0 radical (unpaired) electrons. The predicted octanol–water partition coefficient (Wildman–Crippen LogP) is 2.35. The number of hydrogen-bond donors (Lipinski definition) is 1. The molecule has 0 saturated heterocycles. The van der Waals surface area contributed by atoms with Crippen molar-refractivity contribution in [3.05, 3.63) is 47.8 Å². The molecule has 1 aromatic heterocycles. The number of hydrogen-bond acceptors (Lipinski definition) is 4. The molecule has 2 aromatic rings. The van der Waals surface area contributed by atoms with Crippen LogP contribution in [0.4, 0.5) is 0 Å². The Hall–Kier alpha value is -1.75. The number of carbonyl (C=O) groups is 1. The molecule has 3 rings (SSSR count). The van der Waals surface area contributed by atoms with Gasteiger partial charge in [-0.1, -0.05) is 30.3 Å². The van der Waals surface area contributed by atoms with E-state index in [2.05, 4.69) is 26.2 Å². The fourth-order valence-corrected chi connectivity index (χ4v) is 2.73. The zero-order valence-corrected chi connectivity index (χ0v) is 10.6. The minimum atomic E-state index is -0.206. The van der Waals surface area contributed by atoms with Crippen molar-refractivity contribution in [2.24, 2.45) is 0 Å². The van der Waals surface area contributed by atoms with Gasteiger partial charge in [0.25, 0.3) is 5.91 Å². The summed E-state index contributed by atoms with van der Waals surface area (Å²) in [4.78, 5) is 12.1. The summed E-state index contributed by atoms with van der Waals surface area (Å²) in [7, 11) is 0. The van der Waals surface area contributed by atoms with Crippen LogP contribution < -0.4 is 5.32 Å². The van der Waals surface area contributed by atoms with Crippen LogP contribution in [0.25, 0.3) is 0 Å². The van der Waals surface area contributed by atoms with E-state index in [0.717, 1.165) is 31.0 Å². The van der Waals surface area contributed by atoms with Crippen molar-refractivity contribution in [2.45, 2.75) is 24.8 Å². The first-order valence-electron chi connectivity index (χ1n) is 5.96. The molecule has 18 heavy (non-hydrogen) atoms. The minimum absolute atomic E-state index is 0.132. The summed E-state index contributed by atoms with van der Waals surface area (Å²) in [5.41, 5.74) is 1.37.